The summed E-state index contributed by atoms with van der Waals surface area (Å²) in [6, 6.07) is 2.34. The number of morpholine rings is 1. The van der Waals surface area contributed by atoms with Gasteiger partial charge < -0.3 is 19.1 Å². The fourth-order valence-electron chi connectivity index (χ4n) is 3.12. The second-order valence-corrected chi connectivity index (χ2v) is 5.62. The Morgan fingerprint density at radius 3 is 2.14 bits per heavy atom. The fourth-order valence-corrected chi connectivity index (χ4v) is 3.12. The topological polar surface area (TPSA) is 60.0 Å². The highest BCUT2D eigenvalue weighted by molar-refractivity contribution is 5.37. The van der Waals surface area contributed by atoms with Crippen LogP contribution in [0.4, 0.5) is 5.95 Å². The first-order valence-electron chi connectivity index (χ1n) is 7.84. The number of rotatable bonds is 4. The number of aromatic nitrogens is 2. The van der Waals surface area contributed by atoms with Crippen LogP contribution in [0.5, 0.6) is 11.8 Å². The molecule has 3 heterocycles. The number of anilines is 1. The third-order valence-corrected chi connectivity index (χ3v) is 4.40. The molecule has 2 aliphatic heterocycles. The Balaban J connectivity index is 1.63. The summed E-state index contributed by atoms with van der Waals surface area (Å²) in [6.45, 7) is 5.73. The van der Waals surface area contributed by atoms with Crippen LogP contribution >= 0.6 is 0 Å². The third-order valence-electron chi connectivity index (χ3n) is 4.40. The van der Waals surface area contributed by atoms with Crippen molar-refractivity contribution in [3.8, 4) is 11.8 Å². The summed E-state index contributed by atoms with van der Waals surface area (Å²) in [5, 5.41) is 0. The summed E-state index contributed by atoms with van der Waals surface area (Å²) in [5.41, 5.74) is 0. The Bertz CT molecular complexity index is 463. The lowest BCUT2D eigenvalue weighted by Crippen LogP contribution is -2.49. The molecule has 1 aromatic rings. The molecule has 2 aliphatic rings. The molecule has 2 fully saturated rings. The second kappa shape index (κ2) is 7.11. The van der Waals surface area contributed by atoms with Gasteiger partial charge in [0.25, 0.3) is 0 Å². The molecule has 0 saturated carbocycles. The summed E-state index contributed by atoms with van der Waals surface area (Å²) >= 11 is 0. The average Bonchev–Trinajstić information content (AvgIpc) is 2.62. The van der Waals surface area contributed by atoms with E-state index in [2.05, 4.69) is 19.8 Å². The van der Waals surface area contributed by atoms with Crippen molar-refractivity contribution in [1.29, 1.82) is 0 Å². The van der Waals surface area contributed by atoms with Crippen LogP contribution in [0.3, 0.4) is 0 Å². The van der Waals surface area contributed by atoms with Crippen LogP contribution in [0.2, 0.25) is 0 Å². The molecule has 0 aromatic carbocycles. The van der Waals surface area contributed by atoms with E-state index in [1.807, 2.05) is 0 Å². The van der Waals surface area contributed by atoms with E-state index < -0.39 is 0 Å². The molecule has 0 N–H and O–H groups in total. The molecule has 0 bridgehead atoms. The van der Waals surface area contributed by atoms with Gasteiger partial charge in [-0.15, -0.1) is 0 Å². The van der Waals surface area contributed by atoms with Gasteiger partial charge >= 0.3 is 0 Å². The molecule has 0 amide bonds. The largest absolute Gasteiger partial charge is 0.481 e. The predicted molar refractivity (Wildman–Crippen MR) is 82.8 cm³/mol. The minimum Gasteiger partial charge on any atom is -0.481 e. The van der Waals surface area contributed by atoms with Crippen LogP contribution in [0, 0.1) is 0 Å². The molecule has 0 radical (unpaired) electrons. The molecule has 22 heavy (non-hydrogen) atoms. The molecule has 122 valence electrons. The van der Waals surface area contributed by atoms with E-state index in [0.29, 0.717) is 23.8 Å². The van der Waals surface area contributed by atoms with Gasteiger partial charge in [0.15, 0.2) is 0 Å². The third kappa shape index (κ3) is 3.41. The van der Waals surface area contributed by atoms with E-state index in [1.54, 1.807) is 20.3 Å². The first-order chi connectivity index (χ1) is 10.8. The van der Waals surface area contributed by atoms with E-state index in [4.69, 9.17) is 14.2 Å². The van der Waals surface area contributed by atoms with Crippen molar-refractivity contribution < 1.29 is 14.2 Å². The van der Waals surface area contributed by atoms with Crippen LogP contribution in [0.1, 0.15) is 12.8 Å². The van der Waals surface area contributed by atoms with Gasteiger partial charge in [0.05, 0.1) is 33.5 Å². The van der Waals surface area contributed by atoms with Crippen molar-refractivity contribution in [3.05, 3.63) is 6.07 Å². The minimum atomic E-state index is 0.539. The van der Waals surface area contributed by atoms with E-state index in [1.165, 1.54) is 0 Å². The van der Waals surface area contributed by atoms with Crippen molar-refractivity contribution in [1.82, 2.24) is 14.9 Å². The lowest BCUT2D eigenvalue weighted by atomic mass is 10.0. The number of nitrogens with zero attached hydrogens (tertiary/aromatic N) is 4. The molecule has 0 aliphatic carbocycles. The highest BCUT2D eigenvalue weighted by atomic mass is 16.5. The van der Waals surface area contributed by atoms with Crippen molar-refractivity contribution in [2.24, 2.45) is 0 Å². The number of piperidine rings is 1. The molecule has 0 atom stereocenters. The second-order valence-electron chi connectivity index (χ2n) is 5.62. The quantitative estimate of drug-likeness (QED) is 0.815. The van der Waals surface area contributed by atoms with Gasteiger partial charge in [-0.1, -0.05) is 0 Å². The summed E-state index contributed by atoms with van der Waals surface area (Å²) in [7, 11) is 3.21. The van der Waals surface area contributed by atoms with Crippen LogP contribution in [-0.2, 0) is 4.74 Å². The van der Waals surface area contributed by atoms with Crippen molar-refractivity contribution in [2.45, 2.75) is 18.9 Å². The molecule has 1 aromatic heterocycles. The van der Waals surface area contributed by atoms with E-state index >= 15 is 0 Å². The van der Waals surface area contributed by atoms with Gasteiger partial charge in [0.1, 0.15) is 0 Å². The standard InChI is InChI=1S/C15H24N4O3/c1-20-13-11-14(21-2)17-15(16-13)19-5-3-12(4-6-19)18-7-9-22-10-8-18/h11-12H,3-10H2,1-2H3. The summed E-state index contributed by atoms with van der Waals surface area (Å²) in [6.07, 6.45) is 2.26. The molecule has 3 rings (SSSR count). The molecule has 7 nitrogen and oxygen atoms in total. The first kappa shape index (κ1) is 15.3. The van der Waals surface area contributed by atoms with E-state index in [9.17, 15) is 0 Å². The van der Waals surface area contributed by atoms with Crippen LogP contribution < -0.4 is 14.4 Å². The number of ether oxygens (including phenoxy) is 3. The van der Waals surface area contributed by atoms with Crippen molar-refractivity contribution >= 4 is 5.95 Å². The van der Waals surface area contributed by atoms with Crippen LogP contribution in [0.25, 0.3) is 0 Å². The first-order valence-corrected chi connectivity index (χ1v) is 7.84. The summed E-state index contributed by atoms with van der Waals surface area (Å²) < 4.78 is 15.9. The van der Waals surface area contributed by atoms with Gasteiger partial charge in [-0.25, -0.2) is 0 Å². The smallest absolute Gasteiger partial charge is 0.231 e. The van der Waals surface area contributed by atoms with E-state index in [-0.39, 0.29) is 0 Å². The van der Waals surface area contributed by atoms with E-state index in [0.717, 1.165) is 52.2 Å². The maximum Gasteiger partial charge on any atom is 0.231 e. The lowest BCUT2D eigenvalue weighted by Gasteiger charge is -2.40. The Hall–Kier alpha value is -1.60. The van der Waals surface area contributed by atoms with Gasteiger partial charge in [-0.05, 0) is 12.8 Å². The zero-order chi connectivity index (χ0) is 15.4. The zero-order valence-corrected chi connectivity index (χ0v) is 13.3. The van der Waals surface area contributed by atoms with Crippen molar-refractivity contribution in [3.63, 3.8) is 0 Å². The number of hydrogen-bond donors (Lipinski definition) is 0. The number of hydrogen-bond acceptors (Lipinski definition) is 7. The zero-order valence-electron chi connectivity index (χ0n) is 13.3. The molecule has 0 spiro atoms. The Kier molecular flexibility index (Phi) is 4.94. The monoisotopic (exact) mass is 308 g/mol. The number of methoxy groups -OCH3 is 2. The summed E-state index contributed by atoms with van der Waals surface area (Å²) in [5.74, 6) is 1.77. The van der Waals surface area contributed by atoms with Gasteiger partial charge in [-0.3, -0.25) is 4.90 Å². The SMILES string of the molecule is COc1cc(OC)nc(N2CCC(N3CCOCC3)CC2)n1. The Morgan fingerprint density at radius 1 is 1.00 bits per heavy atom. The molecule has 0 unspecified atom stereocenters. The predicted octanol–water partition coefficient (Wildman–Crippen LogP) is 0.795. The molecule has 2 saturated heterocycles. The Labute approximate surface area is 131 Å². The minimum absolute atomic E-state index is 0.539. The maximum atomic E-state index is 5.43. The highest BCUT2D eigenvalue weighted by Crippen LogP contribution is 2.24. The molecular formula is C15H24N4O3. The fraction of sp³-hybridized carbons (Fsp3) is 0.733. The summed E-state index contributed by atoms with van der Waals surface area (Å²) in [4.78, 5) is 13.6. The Morgan fingerprint density at radius 2 is 1.59 bits per heavy atom. The van der Waals surface area contributed by atoms with Crippen LogP contribution in [0.15, 0.2) is 6.07 Å². The highest BCUT2D eigenvalue weighted by Gasteiger charge is 2.27. The van der Waals surface area contributed by atoms with Gasteiger partial charge in [0.2, 0.25) is 17.7 Å². The average molecular weight is 308 g/mol. The normalized spacial score (nSPS) is 20.9. The van der Waals surface area contributed by atoms with Gasteiger partial charge in [0, 0.05) is 32.2 Å². The van der Waals surface area contributed by atoms with Gasteiger partial charge in [-0.2, -0.15) is 9.97 Å². The molecule has 7 heteroatoms. The lowest BCUT2D eigenvalue weighted by molar-refractivity contribution is 0.0114. The molecular weight excluding hydrogens is 284 g/mol. The maximum absolute atomic E-state index is 5.43. The van der Waals surface area contributed by atoms with Crippen molar-refractivity contribution in [2.75, 3.05) is 58.5 Å². The van der Waals surface area contributed by atoms with Crippen LogP contribution in [-0.4, -0.2) is 74.5 Å².